The summed E-state index contributed by atoms with van der Waals surface area (Å²) in [7, 11) is 0. The number of hydrogen-bond donors (Lipinski definition) is 1. The van der Waals surface area contributed by atoms with Crippen molar-refractivity contribution in [3.8, 4) is 11.8 Å². The number of halogens is 3. The Bertz CT molecular complexity index is 1310. The van der Waals surface area contributed by atoms with E-state index in [0.717, 1.165) is 42.8 Å². The molecule has 200 valence electrons. The molecule has 0 radical (unpaired) electrons. The van der Waals surface area contributed by atoms with Gasteiger partial charge in [-0.2, -0.15) is 0 Å². The Kier molecular flexibility index (Phi) is 7.34. The number of ether oxygens (including phenoxy) is 2. The third-order valence-corrected chi connectivity index (χ3v) is 6.52. The van der Waals surface area contributed by atoms with E-state index in [2.05, 4.69) is 50.3 Å². The summed E-state index contributed by atoms with van der Waals surface area (Å²) in [6.07, 6.45) is -0.371. The van der Waals surface area contributed by atoms with E-state index in [0.29, 0.717) is 19.7 Å². The Morgan fingerprint density at radius 2 is 1.87 bits per heavy atom. The standard InChI is InChI=1S/C26H26F3N5O4/c27-26(28,29)38-23-7-5-20(6-8-23)21-9-11-32(12-10-21)14-19-3-1-18(2-4-19)13-30-22-15-33-16-24(34(35)36)31-25(33)37-17-22/h1-9,16,22,30H,10-15,17H2/t22-/m0/s1. The largest absolute Gasteiger partial charge is 0.573 e. The molecule has 0 spiro atoms. The third kappa shape index (κ3) is 6.50. The van der Waals surface area contributed by atoms with Gasteiger partial charge < -0.3 is 24.9 Å². The summed E-state index contributed by atoms with van der Waals surface area (Å²) < 4.78 is 48.2. The minimum atomic E-state index is -4.69. The molecule has 3 aromatic rings. The lowest BCUT2D eigenvalue weighted by molar-refractivity contribution is -0.389. The molecule has 38 heavy (non-hydrogen) atoms. The second-order valence-corrected chi connectivity index (χ2v) is 9.28. The molecular formula is C26H26F3N5O4. The fourth-order valence-corrected chi connectivity index (χ4v) is 4.58. The van der Waals surface area contributed by atoms with Crippen LogP contribution in [-0.2, 0) is 19.6 Å². The third-order valence-electron chi connectivity index (χ3n) is 6.52. The van der Waals surface area contributed by atoms with Gasteiger partial charge in [0.2, 0.25) is 0 Å². The molecule has 0 fully saturated rings. The van der Waals surface area contributed by atoms with Crippen molar-refractivity contribution < 1.29 is 27.6 Å². The first-order valence-electron chi connectivity index (χ1n) is 12.1. The number of fused-ring (bicyclic) bond motifs is 1. The van der Waals surface area contributed by atoms with E-state index >= 15 is 0 Å². The fraction of sp³-hybridized carbons (Fsp3) is 0.346. The number of rotatable bonds is 8. The van der Waals surface area contributed by atoms with Crippen LogP contribution in [0.25, 0.3) is 5.57 Å². The summed E-state index contributed by atoms with van der Waals surface area (Å²) in [6, 6.07) is 14.6. The number of nitrogens with zero attached hydrogens (tertiary/aromatic N) is 4. The van der Waals surface area contributed by atoms with Crippen molar-refractivity contribution in [1.82, 2.24) is 19.8 Å². The second-order valence-electron chi connectivity index (χ2n) is 9.28. The van der Waals surface area contributed by atoms with Gasteiger partial charge in [0.1, 0.15) is 18.6 Å². The molecule has 1 atom stereocenters. The highest BCUT2D eigenvalue weighted by Gasteiger charge is 2.31. The summed E-state index contributed by atoms with van der Waals surface area (Å²) in [5, 5.41) is 14.3. The Hall–Kier alpha value is -3.90. The SMILES string of the molecule is O=[N+]([O-])c1cn2c(n1)OC[C@@H](NCc1ccc(CN3CC=C(c4ccc(OC(F)(F)F)cc4)CC3)cc1)C2. The van der Waals surface area contributed by atoms with Crippen LogP contribution in [0.5, 0.6) is 11.8 Å². The number of imidazole rings is 1. The lowest BCUT2D eigenvalue weighted by Crippen LogP contribution is -2.41. The van der Waals surface area contributed by atoms with Crippen LogP contribution >= 0.6 is 0 Å². The lowest BCUT2D eigenvalue weighted by atomic mass is 9.99. The maximum absolute atomic E-state index is 12.4. The van der Waals surface area contributed by atoms with E-state index in [1.165, 1.54) is 23.9 Å². The number of nitrogens with one attached hydrogen (secondary N) is 1. The summed E-state index contributed by atoms with van der Waals surface area (Å²) in [5.74, 6) is -0.436. The van der Waals surface area contributed by atoms with Crippen molar-refractivity contribution in [3.63, 3.8) is 0 Å². The van der Waals surface area contributed by atoms with E-state index in [9.17, 15) is 23.3 Å². The van der Waals surface area contributed by atoms with E-state index in [-0.39, 0.29) is 23.6 Å². The van der Waals surface area contributed by atoms with E-state index in [1.807, 2.05) is 0 Å². The van der Waals surface area contributed by atoms with Gasteiger partial charge in [-0.25, -0.2) is 0 Å². The maximum atomic E-state index is 12.4. The highest BCUT2D eigenvalue weighted by molar-refractivity contribution is 5.67. The maximum Gasteiger partial charge on any atom is 0.573 e. The van der Waals surface area contributed by atoms with Crippen LogP contribution in [0.3, 0.4) is 0 Å². The normalized spacial score (nSPS) is 17.9. The van der Waals surface area contributed by atoms with Gasteiger partial charge in [-0.3, -0.25) is 9.47 Å². The van der Waals surface area contributed by atoms with Crippen LogP contribution in [0.2, 0.25) is 0 Å². The van der Waals surface area contributed by atoms with Gasteiger partial charge in [0.05, 0.1) is 6.04 Å². The molecular weight excluding hydrogens is 503 g/mol. The summed E-state index contributed by atoms with van der Waals surface area (Å²) in [4.78, 5) is 16.6. The van der Waals surface area contributed by atoms with E-state index in [4.69, 9.17) is 4.74 Å². The zero-order valence-corrected chi connectivity index (χ0v) is 20.4. The van der Waals surface area contributed by atoms with Crippen molar-refractivity contribution in [2.75, 3.05) is 19.7 Å². The second kappa shape index (κ2) is 10.8. The average Bonchev–Trinajstić information content (AvgIpc) is 3.32. The van der Waals surface area contributed by atoms with Crippen molar-refractivity contribution in [3.05, 3.63) is 87.6 Å². The summed E-state index contributed by atoms with van der Waals surface area (Å²) in [5.41, 5.74) is 4.33. The van der Waals surface area contributed by atoms with Gasteiger partial charge >= 0.3 is 18.2 Å². The molecule has 0 aliphatic carbocycles. The Labute approximate surface area is 216 Å². The summed E-state index contributed by atoms with van der Waals surface area (Å²) in [6.45, 7) is 3.99. The van der Waals surface area contributed by atoms with Gasteiger partial charge in [0.15, 0.2) is 0 Å². The molecule has 2 aromatic carbocycles. The fourth-order valence-electron chi connectivity index (χ4n) is 4.58. The minimum Gasteiger partial charge on any atom is -0.444 e. The quantitative estimate of drug-likeness (QED) is 0.339. The van der Waals surface area contributed by atoms with E-state index < -0.39 is 11.3 Å². The molecule has 0 unspecified atom stereocenters. The van der Waals surface area contributed by atoms with E-state index in [1.54, 1.807) is 16.7 Å². The summed E-state index contributed by atoms with van der Waals surface area (Å²) >= 11 is 0. The molecule has 0 bridgehead atoms. The predicted octanol–water partition coefficient (Wildman–Crippen LogP) is 4.53. The van der Waals surface area contributed by atoms with Crippen LogP contribution in [0.4, 0.5) is 19.0 Å². The van der Waals surface area contributed by atoms with Crippen molar-refractivity contribution in [2.45, 2.75) is 38.5 Å². The van der Waals surface area contributed by atoms with Gasteiger partial charge in [-0.15, -0.1) is 13.2 Å². The minimum absolute atomic E-state index is 0.0127. The van der Waals surface area contributed by atoms with Crippen molar-refractivity contribution in [1.29, 1.82) is 0 Å². The molecule has 9 nitrogen and oxygen atoms in total. The molecule has 0 saturated carbocycles. The molecule has 12 heteroatoms. The van der Waals surface area contributed by atoms with Gasteiger partial charge in [-0.05, 0) is 45.7 Å². The zero-order valence-electron chi connectivity index (χ0n) is 20.4. The Balaban J connectivity index is 1.08. The van der Waals surface area contributed by atoms with Crippen LogP contribution in [0, 0.1) is 10.1 Å². The van der Waals surface area contributed by atoms with Crippen LogP contribution in [0.15, 0.2) is 60.8 Å². The monoisotopic (exact) mass is 529 g/mol. The highest BCUT2D eigenvalue weighted by atomic mass is 19.4. The number of hydrogen-bond acceptors (Lipinski definition) is 7. The molecule has 5 rings (SSSR count). The Morgan fingerprint density at radius 1 is 1.13 bits per heavy atom. The number of benzene rings is 2. The molecule has 0 saturated heterocycles. The first kappa shape index (κ1) is 25.7. The Morgan fingerprint density at radius 3 is 2.53 bits per heavy atom. The number of alkyl halides is 3. The molecule has 2 aliphatic heterocycles. The average molecular weight is 530 g/mol. The smallest absolute Gasteiger partial charge is 0.444 e. The first-order valence-corrected chi connectivity index (χ1v) is 12.1. The zero-order chi connectivity index (χ0) is 26.7. The molecule has 2 aliphatic rings. The molecule has 1 aromatic heterocycles. The van der Waals surface area contributed by atoms with Gasteiger partial charge in [0, 0.05) is 37.7 Å². The van der Waals surface area contributed by atoms with Crippen molar-refractivity contribution >= 4 is 11.4 Å². The molecule has 3 heterocycles. The molecule has 1 N–H and O–H groups in total. The van der Waals surface area contributed by atoms with Crippen LogP contribution in [0.1, 0.15) is 23.1 Å². The van der Waals surface area contributed by atoms with Crippen molar-refractivity contribution in [2.24, 2.45) is 0 Å². The first-order chi connectivity index (χ1) is 18.2. The topological polar surface area (TPSA) is 94.7 Å². The van der Waals surface area contributed by atoms with Crippen LogP contribution in [-0.4, -0.2) is 51.5 Å². The van der Waals surface area contributed by atoms with Gasteiger partial charge in [-0.1, -0.05) is 42.5 Å². The number of aromatic nitrogens is 2. The van der Waals surface area contributed by atoms with Crippen LogP contribution < -0.4 is 14.8 Å². The molecule has 0 amide bonds. The van der Waals surface area contributed by atoms with Gasteiger partial charge in [0.25, 0.3) is 0 Å². The number of nitro groups is 1. The lowest BCUT2D eigenvalue weighted by Gasteiger charge is -2.26. The predicted molar refractivity (Wildman–Crippen MR) is 132 cm³/mol. The highest BCUT2D eigenvalue weighted by Crippen LogP contribution is 2.28.